The number of rotatable bonds is 4. The summed E-state index contributed by atoms with van der Waals surface area (Å²) in [5, 5.41) is 6.26. The van der Waals surface area contributed by atoms with Crippen molar-refractivity contribution in [2.24, 2.45) is 7.05 Å². The molecule has 0 saturated heterocycles. The highest BCUT2D eigenvalue weighted by Crippen LogP contribution is 2.25. The Bertz CT molecular complexity index is 788. The molecule has 0 saturated carbocycles. The highest BCUT2D eigenvalue weighted by atomic mass is 35.5. The third-order valence-electron chi connectivity index (χ3n) is 3.64. The highest BCUT2D eigenvalue weighted by Gasteiger charge is 2.12. The monoisotopic (exact) mass is 303 g/mol. The van der Waals surface area contributed by atoms with Gasteiger partial charge in [0.05, 0.1) is 29.6 Å². The second kappa shape index (κ2) is 5.45. The Morgan fingerprint density at radius 1 is 1.29 bits per heavy atom. The van der Waals surface area contributed by atoms with Crippen molar-refractivity contribution in [3.8, 4) is 5.75 Å². The van der Waals surface area contributed by atoms with Crippen LogP contribution in [0.4, 0.5) is 0 Å². The number of hydrogen-bond donors (Lipinski definition) is 0. The summed E-state index contributed by atoms with van der Waals surface area (Å²) in [6, 6.07) is 8.23. The van der Waals surface area contributed by atoms with E-state index in [1.54, 1.807) is 0 Å². The number of halogens is 1. The summed E-state index contributed by atoms with van der Waals surface area (Å²) in [7, 11) is 1.92. The smallest absolute Gasteiger partial charge is 0.120 e. The molecule has 0 unspecified atom stereocenters. The van der Waals surface area contributed by atoms with E-state index in [1.807, 2.05) is 31.6 Å². The van der Waals surface area contributed by atoms with Crippen LogP contribution < -0.4 is 4.74 Å². The first-order valence-electron chi connectivity index (χ1n) is 6.99. The molecule has 4 nitrogen and oxygen atoms in total. The zero-order valence-corrected chi connectivity index (χ0v) is 13.2. The molecule has 0 atom stereocenters. The number of nitrogens with zero attached hydrogens (tertiary/aromatic N) is 3. The van der Waals surface area contributed by atoms with E-state index < -0.39 is 0 Å². The Kier molecular flexibility index (Phi) is 3.64. The standard InChI is InChI=1S/C16H18ClN3O/c1-4-21-13-5-6-14-12(9-13)7-8-20(14)10-15-16(17)11(2)18-19(15)3/h5-9H,4,10H2,1-3H3. The molecule has 21 heavy (non-hydrogen) atoms. The first kappa shape index (κ1) is 14.0. The van der Waals surface area contributed by atoms with Gasteiger partial charge in [0.15, 0.2) is 0 Å². The minimum absolute atomic E-state index is 0.677. The lowest BCUT2D eigenvalue weighted by molar-refractivity contribution is 0.340. The van der Waals surface area contributed by atoms with Gasteiger partial charge in [0.2, 0.25) is 0 Å². The first-order valence-corrected chi connectivity index (χ1v) is 7.37. The van der Waals surface area contributed by atoms with Crippen molar-refractivity contribution in [1.82, 2.24) is 14.3 Å². The molecule has 0 aliphatic heterocycles. The molecule has 0 bridgehead atoms. The van der Waals surface area contributed by atoms with Crippen LogP contribution in [0.3, 0.4) is 0 Å². The molecule has 0 fully saturated rings. The predicted octanol–water partition coefficient (Wildman–Crippen LogP) is 3.78. The summed E-state index contributed by atoms with van der Waals surface area (Å²) in [6.45, 7) is 5.29. The van der Waals surface area contributed by atoms with Crippen molar-refractivity contribution >= 4 is 22.5 Å². The lowest BCUT2D eigenvalue weighted by Crippen LogP contribution is -2.05. The van der Waals surface area contributed by atoms with Crippen LogP contribution in [0.15, 0.2) is 30.5 Å². The van der Waals surface area contributed by atoms with Crippen molar-refractivity contribution in [1.29, 1.82) is 0 Å². The quantitative estimate of drug-likeness (QED) is 0.734. The number of benzene rings is 1. The summed E-state index contributed by atoms with van der Waals surface area (Å²) in [6.07, 6.45) is 2.07. The van der Waals surface area contributed by atoms with Crippen LogP contribution in [0.1, 0.15) is 18.3 Å². The molecule has 0 aliphatic carbocycles. The van der Waals surface area contributed by atoms with Gasteiger partial charge in [-0.1, -0.05) is 11.6 Å². The van der Waals surface area contributed by atoms with E-state index in [0.717, 1.165) is 33.1 Å². The van der Waals surface area contributed by atoms with Crippen LogP contribution in [-0.4, -0.2) is 21.0 Å². The Morgan fingerprint density at radius 3 is 2.76 bits per heavy atom. The molecule has 0 N–H and O–H groups in total. The fourth-order valence-electron chi connectivity index (χ4n) is 2.59. The average Bonchev–Trinajstić information content (AvgIpc) is 2.96. The Labute approximate surface area is 128 Å². The zero-order valence-electron chi connectivity index (χ0n) is 12.4. The van der Waals surface area contributed by atoms with E-state index >= 15 is 0 Å². The van der Waals surface area contributed by atoms with Gasteiger partial charge in [0.1, 0.15) is 5.75 Å². The van der Waals surface area contributed by atoms with Crippen molar-refractivity contribution < 1.29 is 4.74 Å². The maximum absolute atomic E-state index is 6.33. The van der Waals surface area contributed by atoms with Gasteiger partial charge in [-0.25, -0.2) is 0 Å². The summed E-state index contributed by atoms with van der Waals surface area (Å²) in [5.41, 5.74) is 3.04. The summed E-state index contributed by atoms with van der Waals surface area (Å²) < 4.78 is 9.56. The maximum atomic E-state index is 6.33. The van der Waals surface area contributed by atoms with Crippen LogP contribution >= 0.6 is 11.6 Å². The molecule has 1 aromatic carbocycles. The molecule has 0 radical (unpaired) electrons. The van der Waals surface area contributed by atoms with Gasteiger partial charge in [-0.2, -0.15) is 5.10 Å². The number of ether oxygens (including phenoxy) is 1. The van der Waals surface area contributed by atoms with E-state index in [0.29, 0.717) is 13.2 Å². The molecule has 0 aliphatic rings. The topological polar surface area (TPSA) is 32.0 Å². The molecule has 0 spiro atoms. The van der Waals surface area contributed by atoms with Crippen LogP contribution in [0.25, 0.3) is 10.9 Å². The van der Waals surface area contributed by atoms with Crippen LogP contribution in [0.5, 0.6) is 5.75 Å². The number of aryl methyl sites for hydroxylation is 2. The number of fused-ring (bicyclic) bond motifs is 1. The first-order chi connectivity index (χ1) is 10.1. The summed E-state index contributed by atoms with van der Waals surface area (Å²) in [4.78, 5) is 0. The molecule has 0 amide bonds. The molecule has 3 rings (SSSR count). The van der Waals surface area contributed by atoms with Crippen molar-refractivity contribution in [3.63, 3.8) is 0 Å². The average molecular weight is 304 g/mol. The number of hydrogen-bond acceptors (Lipinski definition) is 2. The van der Waals surface area contributed by atoms with Gasteiger partial charge >= 0.3 is 0 Å². The SMILES string of the molecule is CCOc1ccc2c(ccn2Cc2c(Cl)c(C)nn2C)c1. The van der Waals surface area contributed by atoms with Crippen molar-refractivity contribution in [2.75, 3.05) is 6.61 Å². The highest BCUT2D eigenvalue weighted by molar-refractivity contribution is 6.31. The Hall–Kier alpha value is -1.94. The van der Waals surface area contributed by atoms with Crippen molar-refractivity contribution in [3.05, 3.63) is 46.9 Å². The van der Waals surface area contributed by atoms with Gasteiger partial charge in [0.25, 0.3) is 0 Å². The predicted molar refractivity (Wildman–Crippen MR) is 85.2 cm³/mol. The molecule has 2 heterocycles. The second-order valence-corrected chi connectivity index (χ2v) is 5.44. The van der Waals surface area contributed by atoms with E-state index in [4.69, 9.17) is 16.3 Å². The van der Waals surface area contributed by atoms with Crippen LogP contribution in [-0.2, 0) is 13.6 Å². The van der Waals surface area contributed by atoms with Gasteiger partial charge < -0.3 is 9.30 Å². The normalized spacial score (nSPS) is 11.2. The third kappa shape index (κ3) is 2.51. The van der Waals surface area contributed by atoms with Gasteiger partial charge in [0, 0.05) is 24.1 Å². The van der Waals surface area contributed by atoms with E-state index in [9.17, 15) is 0 Å². The number of aromatic nitrogens is 3. The molecule has 2 aromatic heterocycles. The molecule has 110 valence electrons. The lowest BCUT2D eigenvalue weighted by atomic mass is 10.2. The molecule has 3 aromatic rings. The minimum atomic E-state index is 0.677. The van der Waals surface area contributed by atoms with Crippen molar-refractivity contribution in [2.45, 2.75) is 20.4 Å². The van der Waals surface area contributed by atoms with E-state index in [2.05, 4.69) is 34.1 Å². The van der Waals surface area contributed by atoms with Gasteiger partial charge in [-0.3, -0.25) is 4.68 Å². The fourth-order valence-corrected chi connectivity index (χ4v) is 2.81. The maximum Gasteiger partial charge on any atom is 0.120 e. The minimum Gasteiger partial charge on any atom is -0.494 e. The molecule has 5 heteroatoms. The third-order valence-corrected chi connectivity index (χ3v) is 4.13. The Morgan fingerprint density at radius 2 is 2.10 bits per heavy atom. The van der Waals surface area contributed by atoms with Gasteiger partial charge in [-0.05, 0) is 38.1 Å². The van der Waals surface area contributed by atoms with Crippen LogP contribution in [0, 0.1) is 6.92 Å². The summed E-state index contributed by atoms with van der Waals surface area (Å²) in [5.74, 6) is 0.900. The molecular weight excluding hydrogens is 286 g/mol. The van der Waals surface area contributed by atoms with Gasteiger partial charge in [-0.15, -0.1) is 0 Å². The second-order valence-electron chi connectivity index (χ2n) is 5.07. The van der Waals surface area contributed by atoms with E-state index in [-0.39, 0.29) is 0 Å². The molecular formula is C16H18ClN3O. The zero-order chi connectivity index (χ0) is 15.0. The Balaban J connectivity index is 1.98. The summed E-state index contributed by atoms with van der Waals surface area (Å²) >= 11 is 6.33. The largest absolute Gasteiger partial charge is 0.494 e. The van der Waals surface area contributed by atoms with Crippen LogP contribution in [0.2, 0.25) is 5.02 Å². The fraction of sp³-hybridized carbons (Fsp3) is 0.312. The lowest BCUT2D eigenvalue weighted by Gasteiger charge is -2.08. The van der Waals surface area contributed by atoms with E-state index in [1.165, 1.54) is 0 Å².